The Balaban J connectivity index is 1.80. The van der Waals surface area contributed by atoms with Gasteiger partial charge in [-0.25, -0.2) is 9.67 Å². The Morgan fingerprint density at radius 3 is 2.70 bits per heavy atom. The summed E-state index contributed by atoms with van der Waals surface area (Å²) in [5, 5.41) is 5.32. The number of methoxy groups -OCH3 is 1. The fraction of sp³-hybridized carbons (Fsp3) is 0.650. The number of fused-ring (bicyclic) bond motifs is 1. The van der Waals surface area contributed by atoms with Gasteiger partial charge < -0.3 is 15.4 Å². The van der Waals surface area contributed by atoms with Crippen LogP contribution in [0.4, 0.5) is 0 Å². The first-order valence-corrected chi connectivity index (χ1v) is 9.56. The molecule has 2 N–H and O–H groups in total. The average molecular weight is 374 g/mol. The van der Waals surface area contributed by atoms with E-state index in [1.807, 2.05) is 18.9 Å². The molecule has 2 aromatic rings. The van der Waals surface area contributed by atoms with Crippen LogP contribution in [0.3, 0.4) is 0 Å². The zero-order chi connectivity index (χ0) is 19.9. The predicted octanol–water partition coefficient (Wildman–Crippen LogP) is 2.11. The van der Waals surface area contributed by atoms with E-state index in [2.05, 4.69) is 25.9 Å². The van der Waals surface area contributed by atoms with E-state index in [-0.39, 0.29) is 17.4 Å². The summed E-state index contributed by atoms with van der Waals surface area (Å²) in [6, 6.07) is 0.149. The molecule has 3 heterocycles. The van der Waals surface area contributed by atoms with Gasteiger partial charge in [0.05, 0.1) is 12.5 Å². The van der Waals surface area contributed by atoms with Crippen molar-refractivity contribution in [1.82, 2.24) is 19.7 Å². The third-order valence-corrected chi connectivity index (χ3v) is 5.97. The molecule has 1 amide bonds. The summed E-state index contributed by atoms with van der Waals surface area (Å²) < 4.78 is 7.16. The molecule has 7 nitrogen and oxygen atoms in total. The van der Waals surface area contributed by atoms with Gasteiger partial charge in [-0.2, -0.15) is 0 Å². The molecule has 1 atom stereocenters. The number of carbonyl (C=O) groups is 1. The molecule has 7 heteroatoms. The smallest absolute Gasteiger partial charge is 0.242 e. The summed E-state index contributed by atoms with van der Waals surface area (Å²) in [4.78, 5) is 19.5. The maximum absolute atomic E-state index is 12.8. The Bertz CT molecular complexity index is 871. The van der Waals surface area contributed by atoms with E-state index in [0.717, 1.165) is 47.4 Å². The van der Waals surface area contributed by atoms with Crippen molar-refractivity contribution in [2.45, 2.75) is 53.0 Å². The van der Waals surface area contributed by atoms with Crippen molar-refractivity contribution in [2.24, 2.45) is 18.2 Å². The Labute approximate surface area is 160 Å². The van der Waals surface area contributed by atoms with E-state index >= 15 is 0 Å². The highest BCUT2D eigenvalue weighted by atomic mass is 16.5. The van der Waals surface area contributed by atoms with Crippen LogP contribution in [0.15, 0.2) is 0 Å². The lowest BCUT2D eigenvalue weighted by molar-refractivity contribution is -0.134. The van der Waals surface area contributed by atoms with Crippen LogP contribution in [0.1, 0.15) is 43.5 Å². The molecule has 27 heavy (non-hydrogen) atoms. The van der Waals surface area contributed by atoms with Crippen molar-refractivity contribution in [3.05, 3.63) is 16.8 Å². The fourth-order valence-electron chi connectivity index (χ4n) is 4.08. The van der Waals surface area contributed by atoms with Crippen LogP contribution in [0.2, 0.25) is 0 Å². The molecule has 0 bridgehead atoms. The second-order valence-corrected chi connectivity index (χ2v) is 8.33. The molecule has 1 aliphatic rings. The van der Waals surface area contributed by atoms with E-state index in [9.17, 15) is 4.79 Å². The standard InChI is InChI=1S/C20H31N5O2/c1-12-14(13(2)22-18-17(12)19(27-6)23-24(18)5)7-8-16(26)25-10-9-15(21)20(3,4)11-25/h15H,7-11,21H2,1-6H3. The van der Waals surface area contributed by atoms with E-state index in [1.54, 1.807) is 11.8 Å². The van der Waals surface area contributed by atoms with E-state index in [1.165, 1.54) is 0 Å². The number of pyridine rings is 1. The molecule has 1 aliphatic heterocycles. The van der Waals surface area contributed by atoms with Crippen molar-refractivity contribution in [3.8, 4) is 5.88 Å². The first-order chi connectivity index (χ1) is 12.7. The number of hydrogen-bond acceptors (Lipinski definition) is 5. The molecule has 0 radical (unpaired) electrons. The van der Waals surface area contributed by atoms with E-state index in [0.29, 0.717) is 18.7 Å². The average Bonchev–Trinajstić information content (AvgIpc) is 2.92. The van der Waals surface area contributed by atoms with Gasteiger partial charge in [-0.05, 0) is 43.2 Å². The van der Waals surface area contributed by atoms with Crippen molar-refractivity contribution in [3.63, 3.8) is 0 Å². The highest BCUT2D eigenvalue weighted by Crippen LogP contribution is 2.31. The number of nitrogens with two attached hydrogens (primary N) is 1. The summed E-state index contributed by atoms with van der Waals surface area (Å²) in [5.41, 5.74) is 10.1. The summed E-state index contributed by atoms with van der Waals surface area (Å²) in [5.74, 6) is 0.767. The van der Waals surface area contributed by atoms with Crippen LogP contribution in [-0.4, -0.2) is 51.8 Å². The molecular formula is C20H31N5O2. The third kappa shape index (κ3) is 3.52. The second kappa shape index (κ2) is 7.11. The number of rotatable bonds is 4. The zero-order valence-electron chi connectivity index (χ0n) is 17.3. The topological polar surface area (TPSA) is 86.3 Å². The van der Waals surface area contributed by atoms with Gasteiger partial charge in [-0.1, -0.05) is 13.8 Å². The molecule has 1 fully saturated rings. The Morgan fingerprint density at radius 2 is 2.07 bits per heavy atom. The lowest BCUT2D eigenvalue weighted by atomic mass is 9.79. The molecule has 148 valence electrons. The number of aromatic nitrogens is 3. The molecule has 3 rings (SSSR count). The molecule has 2 aromatic heterocycles. The normalized spacial score (nSPS) is 19.5. The third-order valence-electron chi connectivity index (χ3n) is 5.97. The monoisotopic (exact) mass is 373 g/mol. The number of piperidine rings is 1. The highest BCUT2D eigenvalue weighted by Gasteiger charge is 2.35. The number of nitrogens with zero attached hydrogens (tertiary/aromatic N) is 4. The SMILES string of the molecule is COc1nn(C)c2nc(C)c(CCC(=O)N3CCC(N)C(C)(C)C3)c(C)c12. The fourth-order valence-corrected chi connectivity index (χ4v) is 4.08. The minimum Gasteiger partial charge on any atom is -0.479 e. The minimum atomic E-state index is -0.0384. The van der Waals surface area contributed by atoms with Crippen molar-refractivity contribution >= 4 is 16.9 Å². The summed E-state index contributed by atoms with van der Waals surface area (Å²) in [6.07, 6.45) is 2.00. The quantitative estimate of drug-likeness (QED) is 0.887. The minimum absolute atomic E-state index is 0.0384. The van der Waals surface area contributed by atoms with Crippen LogP contribution in [-0.2, 0) is 18.3 Å². The predicted molar refractivity (Wildman–Crippen MR) is 106 cm³/mol. The number of likely N-dealkylation sites (tertiary alicyclic amines) is 1. The molecule has 0 aliphatic carbocycles. The van der Waals surface area contributed by atoms with Gasteiger partial charge >= 0.3 is 0 Å². The molecule has 0 saturated carbocycles. The van der Waals surface area contributed by atoms with Gasteiger partial charge in [0.1, 0.15) is 0 Å². The number of ether oxygens (including phenoxy) is 1. The summed E-state index contributed by atoms with van der Waals surface area (Å²) in [6.45, 7) is 9.79. The summed E-state index contributed by atoms with van der Waals surface area (Å²) in [7, 11) is 3.48. The Morgan fingerprint density at radius 1 is 1.37 bits per heavy atom. The van der Waals surface area contributed by atoms with Crippen LogP contribution < -0.4 is 10.5 Å². The van der Waals surface area contributed by atoms with Crippen molar-refractivity contribution < 1.29 is 9.53 Å². The van der Waals surface area contributed by atoms with Crippen LogP contribution in [0, 0.1) is 19.3 Å². The first kappa shape index (κ1) is 19.6. The van der Waals surface area contributed by atoms with Gasteiger partial charge in [0.15, 0.2) is 5.65 Å². The molecule has 1 saturated heterocycles. The van der Waals surface area contributed by atoms with E-state index in [4.69, 9.17) is 15.5 Å². The lowest BCUT2D eigenvalue weighted by Gasteiger charge is -2.42. The van der Waals surface area contributed by atoms with Crippen molar-refractivity contribution in [2.75, 3.05) is 20.2 Å². The molecule has 0 aromatic carbocycles. The van der Waals surface area contributed by atoms with Gasteiger partial charge in [0, 0.05) is 38.3 Å². The maximum atomic E-state index is 12.8. The van der Waals surface area contributed by atoms with Gasteiger partial charge in [-0.3, -0.25) is 4.79 Å². The van der Waals surface area contributed by atoms with Crippen LogP contribution >= 0.6 is 0 Å². The van der Waals surface area contributed by atoms with Gasteiger partial charge in [0.2, 0.25) is 11.8 Å². The summed E-state index contributed by atoms with van der Waals surface area (Å²) >= 11 is 0. The number of aryl methyl sites for hydroxylation is 3. The van der Waals surface area contributed by atoms with Gasteiger partial charge in [-0.15, -0.1) is 5.10 Å². The second-order valence-electron chi connectivity index (χ2n) is 8.33. The Kier molecular flexibility index (Phi) is 5.16. The van der Waals surface area contributed by atoms with Crippen LogP contribution in [0.25, 0.3) is 11.0 Å². The number of hydrogen-bond donors (Lipinski definition) is 1. The molecular weight excluding hydrogens is 342 g/mol. The largest absolute Gasteiger partial charge is 0.479 e. The Hall–Kier alpha value is -2.15. The number of amides is 1. The molecule has 1 unspecified atom stereocenters. The number of carbonyl (C=O) groups excluding carboxylic acids is 1. The van der Waals surface area contributed by atoms with E-state index < -0.39 is 0 Å². The maximum Gasteiger partial charge on any atom is 0.242 e. The molecule has 0 spiro atoms. The lowest BCUT2D eigenvalue weighted by Crippen LogP contribution is -2.54. The van der Waals surface area contributed by atoms with Gasteiger partial charge in [0.25, 0.3) is 0 Å². The zero-order valence-corrected chi connectivity index (χ0v) is 17.3. The van der Waals surface area contributed by atoms with Crippen molar-refractivity contribution in [1.29, 1.82) is 0 Å². The first-order valence-electron chi connectivity index (χ1n) is 9.56. The highest BCUT2D eigenvalue weighted by molar-refractivity contribution is 5.86. The van der Waals surface area contributed by atoms with Crippen LogP contribution in [0.5, 0.6) is 5.88 Å².